The summed E-state index contributed by atoms with van der Waals surface area (Å²) in [5.41, 5.74) is 0. The van der Waals surface area contributed by atoms with E-state index in [2.05, 4.69) is 15.9 Å². The van der Waals surface area contributed by atoms with Crippen molar-refractivity contribution in [3.8, 4) is 0 Å². The van der Waals surface area contributed by atoms with E-state index in [-0.39, 0.29) is 0 Å². The lowest BCUT2D eigenvalue weighted by atomic mass is 10.2. The second-order valence-electron chi connectivity index (χ2n) is 4.99. The number of nitrogens with zero attached hydrogens (tertiary/aromatic N) is 2. The van der Waals surface area contributed by atoms with E-state index < -0.39 is 10.2 Å². The molecule has 1 atom stereocenters. The molecule has 2 aliphatic heterocycles. The Hall–Kier alpha value is 0.350. The summed E-state index contributed by atoms with van der Waals surface area (Å²) in [5, 5.41) is 0.902. The Kier molecular flexibility index (Phi) is 4.86. The van der Waals surface area contributed by atoms with Crippen LogP contribution in [-0.4, -0.2) is 48.5 Å². The van der Waals surface area contributed by atoms with Crippen molar-refractivity contribution < 1.29 is 8.42 Å². The molecule has 0 aromatic heterocycles. The number of alkyl halides is 1. The molecule has 2 heterocycles. The van der Waals surface area contributed by atoms with Crippen molar-refractivity contribution >= 4 is 26.1 Å². The van der Waals surface area contributed by atoms with Gasteiger partial charge in [-0.2, -0.15) is 17.0 Å². The van der Waals surface area contributed by atoms with Gasteiger partial charge < -0.3 is 0 Å². The van der Waals surface area contributed by atoms with Gasteiger partial charge in [-0.15, -0.1) is 0 Å². The number of halogens is 1. The molecule has 0 bridgehead atoms. The van der Waals surface area contributed by atoms with Crippen LogP contribution in [-0.2, 0) is 10.2 Å². The maximum Gasteiger partial charge on any atom is 0.281 e. The standard InChI is InChI=1S/C11H21BrN2O2S/c12-9-11-5-8-14(10-11)17(15,16)13-6-3-1-2-4-7-13/h11H,1-10H2. The lowest BCUT2D eigenvalue weighted by Crippen LogP contribution is -2.43. The first kappa shape index (κ1) is 13.8. The van der Waals surface area contributed by atoms with E-state index in [0.29, 0.717) is 32.1 Å². The van der Waals surface area contributed by atoms with Crippen LogP contribution in [0, 0.1) is 5.92 Å². The van der Waals surface area contributed by atoms with Crippen LogP contribution in [0.25, 0.3) is 0 Å². The lowest BCUT2D eigenvalue weighted by Gasteiger charge is -2.26. The monoisotopic (exact) mass is 324 g/mol. The average molecular weight is 325 g/mol. The fraction of sp³-hybridized carbons (Fsp3) is 1.00. The summed E-state index contributed by atoms with van der Waals surface area (Å²) in [7, 11) is -3.18. The summed E-state index contributed by atoms with van der Waals surface area (Å²) in [6, 6.07) is 0. The zero-order chi connectivity index (χ0) is 12.3. The van der Waals surface area contributed by atoms with E-state index >= 15 is 0 Å². The van der Waals surface area contributed by atoms with E-state index in [4.69, 9.17) is 0 Å². The fourth-order valence-electron chi connectivity index (χ4n) is 2.57. The molecule has 100 valence electrons. The van der Waals surface area contributed by atoms with Gasteiger partial charge in [0.1, 0.15) is 0 Å². The van der Waals surface area contributed by atoms with Crippen molar-refractivity contribution in [3.05, 3.63) is 0 Å². The summed E-state index contributed by atoms with van der Waals surface area (Å²) in [4.78, 5) is 0. The average Bonchev–Trinajstić information content (AvgIpc) is 2.64. The van der Waals surface area contributed by atoms with E-state index in [1.54, 1.807) is 8.61 Å². The highest BCUT2D eigenvalue weighted by Gasteiger charge is 2.35. The minimum absolute atomic E-state index is 0.483. The third kappa shape index (κ3) is 3.22. The molecule has 0 aromatic rings. The Balaban J connectivity index is 2.02. The number of hydrogen-bond donors (Lipinski definition) is 0. The zero-order valence-corrected chi connectivity index (χ0v) is 12.5. The van der Waals surface area contributed by atoms with Gasteiger partial charge in [-0.1, -0.05) is 28.8 Å². The lowest BCUT2D eigenvalue weighted by molar-refractivity contribution is 0.363. The molecule has 0 spiro atoms. The predicted octanol–water partition coefficient (Wildman–Crippen LogP) is 1.82. The van der Waals surface area contributed by atoms with Crippen LogP contribution in [0.4, 0.5) is 0 Å². The van der Waals surface area contributed by atoms with E-state index in [0.717, 1.165) is 37.4 Å². The molecular weight excluding hydrogens is 304 g/mol. The maximum atomic E-state index is 12.4. The SMILES string of the molecule is O=S(=O)(N1CCCCCC1)N1CCC(CBr)C1. The van der Waals surface area contributed by atoms with Crippen LogP contribution in [0.1, 0.15) is 32.1 Å². The molecule has 0 amide bonds. The number of hydrogen-bond acceptors (Lipinski definition) is 2. The van der Waals surface area contributed by atoms with Crippen molar-refractivity contribution in [2.24, 2.45) is 5.92 Å². The van der Waals surface area contributed by atoms with E-state index in [1.165, 1.54) is 0 Å². The molecule has 0 saturated carbocycles. The van der Waals surface area contributed by atoms with Crippen molar-refractivity contribution in [3.63, 3.8) is 0 Å². The summed E-state index contributed by atoms with van der Waals surface area (Å²) >= 11 is 3.44. The molecule has 17 heavy (non-hydrogen) atoms. The minimum Gasteiger partial charge on any atom is -0.195 e. The fourth-order valence-corrected chi connectivity index (χ4v) is 4.88. The Morgan fingerprint density at radius 2 is 1.65 bits per heavy atom. The quantitative estimate of drug-likeness (QED) is 0.743. The Labute approximate surface area is 113 Å². The molecule has 0 aliphatic carbocycles. The maximum absolute atomic E-state index is 12.4. The third-order valence-electron chi connectivity index (χ3n) is 3.68. The molecule has 6 heteroatoms. The van der Waals surface area contributed by atoms with Gasteiger partial charge in [0.2, 0.25) is 0 Å². The highest BCUT2D eigenvalue weighted by atomic mass is 79.9. The van der Waals surface area contributed by atoms with Crippen LogP contribution in [0.15, 0.2) is 0 Å². The molecule has 0 radical (unpaired) electrons. The van der Waals surface area contributed by atoms with Crippen LogP contribution in [0.5, 0.6) is 0 Å². The van der Waals surface area contributed by atoms with Crippen LogP contribution < -0.4 is 0 Å². The van der Waals surface area contributed by atoms with Crippen LogP contribution in [0.3, 0.4) is 0 Å². The van der Waals surface area contributed by atoms with Gasteiger partial charge in [-0.3, -0.25) is 0 Å². The molecule has 4 nitrogen and oxygen atoms in total. The van der Waals surface area contributed by atoms with E-state index in [1.807, 2.05) is 0 Å². The second kappa shape index (κ2) is 5.99. The van der Waals surface area contributed by atoms with Gasteiger partial charge in [0.15, 0.2) is 0 Å². The Morgan fingerprint density at radius 3 is 2.18 bits per heavy atom. The largest absolute Gasteiger partial charge is 0.281 e. The van der Waals surface area contributed by atoms with Gasteiger partial charge in [0.05, 0.1) is 0 Å². The minimum atomic E-state index is -3.18. The van der Waals surface area contributed by atoms with E-state index in [9.17, 15) is 8.42 Å². The predicted molar refractivity (Wildman–Crippen MR) is 72.4 cm³/mol. The third-order valence-corrected chi connectivity index (χ3v) is 6.60. The first-order chi connectivity index (χ1) is 8.14. The second-order valence-corrected chi connectivity index (χ2v) is 7.56. The number of rotatable bonds is 3. The molecule has 0 aromatic carbocycles. The summed E-state index contributed by atoms with van der Waals surface area (Å²) < 4.78 is 28.2. The van der Waals surface area contributed by atoms with Crippen LogP contribution in [0.2, 0.25) is 0 Å². The van der Waals surface area contributed by atoms with Crippen molar-refractivity contribution in [2.45, 2.75) is 32.1 Å². The highest BCUT2D eigenvalue weighted by molar-refractivity contribution is 9.09. The Morgan fingerprint density at radius 1 is 1.00 bits per heavy atom. The molecule has 0 N–H and O–H groups in total. The summed E-state index contributed by atoms with van der Waals surface area (Å²) in [6.45, 7) is 2.79. The smallest absolute Gasteiger partial charge is 0.195 e. The van der Waals surface area contributed by atoms with Crippen LogP contribution >= 0.6 is 15.9 Å². The van der Waals surface area contributed by atoms with Crippen molar-refractivity contribution in [1.82, 2.24) is 8.61 Å². The molecule has 2 saturated heterocycles. The molecule has 2 rings (SSSR count). The zero-order valence-electron chi connectivity index (χ0n) is 10.1. The molecular formula is C11H21BrN2O2S. The summed E-state index contributed by atoms with van der Waals surface area (Å²) in [6.07, 6.45) is 5.33. The molecule has 2 aliphatic rings. The summed E-state index contributed by atoms with van der Waals surface area (Å²) in [5.74, 6) is 0.483. The molecule has 2 fully saturated rings. The van der Waals surface area contributed by atoms with Gasteiger partial charge in [0.25, 0.3) is 10.2 Å². The Bertz CT molecular complexity index is 339. The topological polar surface area (TPSA) is 40.6 Å². The van der Waals surface area contributed by atoms with Gasteiger partial charge >= 0.3 is 0 Å². The molecule has 1 unspecified atom stereocenters. The first-order valence-corrected chi connectivity index (χ1v) is 8.97. The first-order valence-electron chi connectivity index (χ1n) is 6.46. The van der Waals surface area contributed by atoms with Gasteiger partial charge in [-0.25, -0.2) is 0 Å². The highest BCUT2D eigenvalue weighted by Crippen LogP contribution is 2.24. The van der Waals surface area contributed by atoms with Gasteiger partial charge in [0, 0.05) is 31.5 Å². The van der Waals surface area contributed by atoms with Crippen molar-refractivity contribution in [1.29, 1.82) is 0 Å². The van der Waals surface area contributed by atoms with Gasteiger partial charge in [-0.05, 0) is 25.2 Å². The van der Waals surface area contributed by atoms with Crippen molar-refractivity contribution in [2.75, 3.05) is 31.5 Å². The normalized spacial score (nSPS) is 29.4.